The molecule has 0 aliphatic heterocycles. The van der Waals surface area contributed by atoms with Gasteiger partial charge in [0.25, 0.3) is 0 Å². The van der Waals surface area contributed by atoms with Gasteiger partial charge in [0.1, 0.15) is 5.82 Å². The zero-order chi connectivity index (χ0) is 16.7. The molecule has 0 amide bonds. The van der Waals surface area contributed by atoms with E-state index in [0.717, 1.165) is 47.8 Å². The summed E-state index contributed by atoms with van der Waals surface area (Å²) in [4.78, 5) is 4.86. The predicted molar refractivity (Wildman–Crippen MR) is 98.0 cm³/mol. The van der Waals surface area contributed by atoms with Crippen molar-refractivity contribution >= 4 is 22.5 Å². The van der Waals surface area contributed by atoms with E-state index in [1.807, 2.05) is 30.3 Å². The smallest absolute Gasteiger partial charge is 0.131 e. The van der Waals surface area contributed by atoms with Crippen molar-refractivity contribution in [2.75, 3.05) is 0 Å². The first-order valence-corrected chi connectivity index (χ1v) is 8.91. The predicted octanol–water partition coefficient (Wildman–Crippen LogP) is 3.21. The monoisotopic (exact) mass is 374 g/mol. The third-order valence-corrected chi connectivity index (χ3v) is 5.37. The van der Waals surface area contributed by atoms with Crippen molar-refractivity contribution < 1.29 is 16.8 Å². The number of aromatic nitrogens is 1. The Balaban J connectivity index is 0.00000182. The van der Waals surface area contributed by atoms with Crippen molar-refractivity contribution in [2.24, 2.45) is 5.92 Å². The third kappa shape index (κ3) is 3.26. The lowest BCUT2D eigenvalue weighted by Crippen LogP contribution is -3.00. The summed E-state index contributed by atoms with van der Waals surface area (Å²) in [6.45, 7) is 2.23. The van der Waals surface area contributed by atoms with Crippen LogP contribution in [0.25, 0.3) is 22.0 Å². The van der Waals surface area contributed by atoms with Gasteiger partial charge in [-0.3, -0.25) is 4.98 Å². The van der Waals surface area contributed by atoms with Gasteiger partial charge >= 0.3 is 0 Å². The number of hydrogen-bond donors (Lipinski definition) is 0. The molecule has 4 heteroatoms. The molecule has 0 radical (unpaired) electrons. The third-order valence-electron chi connectivity index (χ3n) is 5.14. The standard InChI is InChI=1S/C21H19ClFN.ClH/c1-2-13-7-9-19-16(11-13)21(15-5-3-4-6-18(15)23)17-12-14(22)8-10-20(17)24-19;/h3-6,8,10,12-13H,2,7,9,11H2,1H3;1H/p-1. The molecule has 3 aromatic rings. The minimum atomic E-state index is -0.189. The Bertz CT molecular complexity index is 923. The molecule has 1 nitrogen and oxygen atoms in total. The van der Waals surface area contributed by atoms with Crippen LogP contribution in [0.4, 0.5) is 4.39 Å². The first-order valence-electron chi connectivity index (χ1n) is 8.53. The normalized spacial score (nSPS) is 16.4. The summed E-state index contributed by atoms with van der Waals surface area (Å²) in [6, 6.07) is 12.7. The Morgan fingerprint density at radius 3 is 2.76 bits per heavy atom. The molecule has 1 aliphatic carbocycles. The molecule has 1 heterocycles. The lowest BCUT2D eigenvalue weighted by molar-refractivity contribution is -0.00000535. The quantitative estimate of drug-likeness (QED) is 0.670. The van der Waals surface area contributed by atoms with Crippen LogP contribution in [-0.2, 0) is 12.8 Å². The van der Waals surface area contributed by atoms with Gasteiger partial charge < -0.3 is 12.4 Å². The molecule has 2 aromatic carbocycles. The van der Waals surface area contributed by atoms with E-state index in [0.29, 0.717) is 16.5 Å². The Hall–Kier alpha value is -1.64. The van der Waals surface area contributed by atoms with E-state index in [2.05, 4.69) is 6.92 Å². The molecule has 25 heavy (non-hydrogen) atoms. The summed E-state index contributed by atoms with van der Waals surface area (Å²) in [5.41, 5.74) is 4.85. The molecule has 0 bridgehead atoms. The van der Waals surface area contributed by atoms with Gasteiger partial charge in [-0.25, -0.2) is 4.39 Å². The van der Waals surface area contributed by atoms with Crippen LogP contribution in [-0.4, -0.2) is 4.98 Å². The van der Waals surface area contributed by atoms with Crippen molar-refractivity contribution in [3.8, 4) is 11.1 Å². The van der Waals surface area contributed by atoms with E-state index in [-0.39, 0.29) is 18.2 Å². The number of benzene rings is 2. The van der Waals surface area contributed by atoms with Gasteiger partial charge in [0.15, 0.2) is 0 Å². The number of rotatable bonds is 2. The molecule has 0 saturated carbocycles. The van der Waals surface area contributed by atoms with Gasteiger partial charge in [-0.05, 0) is 60.6 Å². The molecule has 0 N–H and O–H groups in total. The van der Waals surface area contributed by atoms with Crippen LogP contribution in [0.5, 0.6) is 0 Å². The maximum absolute atomic E-state index is 14.6. The summed E-state index contributed by atoms with van der Waals surface area (Å²) in [5.74, 6) is 0.451. The van der Waals surface area contributed by atoms with Crippen molar-refractivity contribution in [1.82, 2.24) is 4.98 Å². The maximum Gasteiger partial charge on any atom is 0.131 e. The number of hydrogen-bond acceptors (Lipinski definition) is 1. The molecule has 1 aromatic heterocycles. The molecule has 4 rings (SSSR count). The highest BCUT2D eigenvalue weighted by Gasteiger charge is 2.25. The van der Waals surface area contributed by atoms with E-state index >= 15 is 0 Å². The van der Waals surface area contributed by atoms with Gasteiger partial charge in [-0.15, -0.1) is 0 Å². The summed E-state index contributed by atoms with van der Waals surface area (Å²) in [7, 11) is 0. The highest BCUT2D eigenvalue weighted by Crippen LogP contribution is 2.40. The Labute approximate surface area is 158 Å². The van der Waals surface area contributed by atoms with E-state index in [1.54, 1.807) is 6.07 Å². The van der Waals surface area contributed by atoms with E-state index in [1.165, 1.54) is 11.6 Å². The number of pyridine rings is 1. The minimum absolute atomic E-state index is 0. The molecule has 0 fully saturated rings. The number of fused-ring (bicyclic) bond motifs is 2. The van der Waals surface area contributed by atoms with Gasteiger partial charge in [-0.1, -0.05) is 43.1 Å². The summed E-state index contributed by atoms with van der Waals surface area (Å²) in [5, 5.41) is 1.60. The van der Waals surface area contributed by atoms with Crippen LogP contribution >= 0.6 is 11.6 Å². The van der Waals surface area contributed by atoms with E-state index < -0.39 is 0 Å². The van der Waals surface area contributed by atoms with Gasteiger partial charge in [-0.2, -0.15) is 0 Å². The zero-order valence-electron chi connectivity index (χ0n) is 14.0. The molecule has 0 saturated heterocycles. The maximum atomic E-state index is 14.6. The number of aryl methyl sites for hydroxylation is 1. The van der Waals surface area contributed by atoms with E-state index in [4.69, 9.17) is 16.6 Å². The van der Waals surface area contributed by atoms with Crippen molar-refractivity contribution in [3.05, 3.63) is 64.6 Å². The van der Waals surface area contributed by atoms with Crippen LogP contribution in [0.2, 0.25) is 5.02 Å². The fourth-order valence-corrected chi connectivity index (χ4v) is 3.98. The molecule has 0 spiro atoms. The first-order chi connectivity index (χ1) is 11.7. The highest BCUT2D eigenvalue weighted by atomic mass is 35.5. The van der Waals surface area contributed by atoms with Crippen LogP contribution in [0.1, 0.15) is 31.0 Å². The second kappa shape index (κ2) is 7.31. The number of halogens is 3. The molecule has 130 valence electrons. The van der Waals surface area contributed by atoms with Crippen LogP contribution in [0, 0.1) is 11.7 Å². The highest BCUT2D eigenvalue weighted by molar-refractivity contribution is 6.31. The molecular formula is C21H19Cl2FN-. The fourth-order valence-electron chi connectivity index (χ4n) is 3.80. The second-order valence-corrected chi connectivity index (χ2v) is 7.01. The topological polar surface area (TPSA) is 12.9 Å². The van der Waals surface area contributed by atoms with Crippen LogP contribution in [0.3, 0.4) is 0 Å². The van der Waals surface area contributed by atoms with Crippen molar-refractivity contribution in [1.29, 1.82) is 0 Å². The second-order valence-electron chi connectivity index (χ2n) is 6.57. The zero-order valence-corrected chi connectivity index (χ0v) is 15.5. The van der Waals surface area contributed by atoms with Crippen molar-refractivity contribution in [2.45, 2.75) is 32.6 Å². The summed E-state index contributed by atoms with van der Waals surface area (Å²) >= 11 is 6.24. The lowest BCUT2D eigenvalue weighted by Gasteiger charge is -2.26. The summed E-state index contributed by atoms with van der Waals surface area (Å²) in [6.07, 6.45) is 4.23. The average molecular weight is 375 g/mol. The molecule has 1 aliphatic rings. The van der Waals surface area contributed by atoms with Crippen LogP contribution < -0.4 is 12.4 Å². The van der Waals surface area contributed by atoms with Crippen molar-refractivity contribution in [3.63, 3.8) is 0 Å². The lowest BCUT2D eigenvalue weighted by atomic mass is 9.80. The SMILES string of the molecule is CCC1CCc2nc3ccc(Cl)cc3c(-c3ccccc3F)c2C1.[Cl-]. The number of nitrogens with zero attached hydrogens (tertiary/aromatic N) is 1. The largest absolute Gasteiger partial charge is 1.00 e. The molecule has 1 atom stereocenters. The average Bonchev–Trinajstić information content (AvgIpc) is 2.60. The van der Waals surface area contributed by atoms with Gasteiger partial charge in [0.05, 0.1) is 5.52 Å². The van der Waals surface area contributed by atoms with E-state index in [9.17, 15) is 4.39 Å². The Kier molecular flexibility index (Phi) is 5.31. The summed E-state index contributed by atoms with van der Waals surface area (Å²) < 4.78 is 14.6. The molecule has 1 unspecified atom stereocenters. The molecular weight excluding hydrogens is 356 g/mol. The van der Waals surface area contributed by atoms with Gasteiger partial charge in [0, 0.05) is 21.7 Å². The first kappa shape index (κ1) is 18.2. The Morgan fingerprint density at radius 1 is 1.20 bits per heavy atom. The minimum Gasteiger partial charge on any atom is -1.00 e. The fraction of sp³-hybridized carbons (Fsp3) is 0.286. The van der Waals surface area contributed by atoms with Crippen LogP contribution in [0.15, 0.2) is 42.5 Å². The Morgan fingerprint density at radius 2 is 2.00 bits per heavy atom. The van der Waals surface area contributed by atoms with Gasteiger partial charge in [0.2, 0.25) is 0 Å².